The molecule has 1 saturated heterocycles. The normalized spacial score (nSPS) is 19.6. The average Bonchev–Trinajstić information content (AvgIpc) is 2.30. The molecule has 0 spiro atoms. The first-order valence-electron chi connectivity index (χ1n) is 4.86. The van der Waals surface area contributed by atoms with Gasteiger partial charge in [0.2, 0.25) is 5.95 Å². The Morgan fingerprint density at radius 3 is 2.76 bits per heavy atom. The molecule has 1 aliphatic heterocycles. The van der Waals surface area contributed by atoms with Crippen LogP contribution in [0, 0.1) is 5.82 Å². The molecule has 0 bridgehead atoms. The van der Waals surface area contributed by atoms with E-state index in [1.807, 2.05) is 0 Å². The SMILES string of the molecule is Cl.O=C(O)C1CNCCN1c1ncc(F)cn1. The number of piperazine rings is 1. The van der Waals surface area contributed by atoms with Gasteiger partial charge in [0.05, 0.1) is 12.4 Å². The zero-order valence-corrected chi connectivity index (χ0v) is 9.65. The van der Waals surface area contributed by atoms with Gasteiger partial charge in [-0.3, -0.25) is 0 Å². The van der Waals surface area contributed by atoms with E-state index in [0.717, 1.165) is 12.4 Å². The first kappa shape index (κ1) is 13.6. The molecule has 94 valence electrons. The van der Waals surface area contributed by atoms with Crippen molar-refractivity contribution in [3.63, 3.8) is 0 Å². The number of nitrogens with one attached hydrogen (secondary N) is 1. The van der Waals surface area contributed by atoms with Gasteiger partial charge in [-0.05, 0) is 0 Å². The van der Waals surface area contributed by atoms with Crippen LogP contribution < -0.4 is 10.2 Å². The molecule has 6 nitrogen and oxygen atoms in total. The van der Waals surface area contributed by atoms with E-state index in [1.165, 1.54) is 0 Å². The molecule has 1 aromatic rings. The standard InChI is InChI=1S/C9H11FN4O2.ClH/c10-6-3-12-9(13-4-6)14-2-1-11-5-7(14)8(15)16;/h3-4,7,11H,1-2,5H2,(H,15,16);1H. The summed E-state index contributed by atoms with van der Waals surface area (Å²) in [6, 6.07) is -0.709. The number of aliphatic carboxylic acids is 1. The van der Waals surface area contributed by atoms with Crippen LogP contribution in [0.3, 0.4) is 0 Å². The molecule has 1 unspecified atom stereocenters. The summed E-state index contributed by atoms with van der Waals surface area (Å²) in [4.78, 5) is 20.1. The number of carboxylic acid groups (broad SMARTS) is 1. The predicted octanol–water partition coefficient (Wildman–Crippen LogP) is -0.0997. The van der Waals surface area contributed by atoms with Crippen LogP contribution in [-0.4, -0.2) is 46.7 Å². The Balaban J connectivity index is 0.00000144. The Kier molecular flexibility index (Phi) is 4.59. The van der Waals surface area contributed by atoms with Gasteiger partial charge in [0.1, 0.15) is 6.04 Å². The minimum Gasteiger partial charge on any atom is -0.480 e. The molecule has 1 atom stereocenters. The molecule has 0 radical (unpaired) electrons. The molecule has 1 aromatic heterocycles. The van der Waals surface area contributed by atoms with Gasteiger partial charge >= 0.3 is 5.97 Å². The van der Waals surface area contributed by atoms with Crippen molar-refractivity contribution in [1.29, 1.82) is 0 Å². The number of aromatic nitrogens is 2. The summed E-state index contributed by atoms with van der Waals surface area (Å²) in [6.45, 7) is 1.48. The molecule has 2 N–H and O–H groups in total. The van der Waals surface area contributed by atoms with E-state index in [0.29, 0.717) is 19.6 Å². The van der Waals surface area contributed by atoms with Crippen molar-refractivity contribution >= 4 is 24.3 Å². The second-order valence-corrected chi connectivity index (χ2v) is 3.45. The van der Waals surface area contributed by atoms with Crippen molar-refractivity contribution < 1.29 is 14.3 Å². The maximum atomic E-state index is 12.6. The summed E-state index contributed by atoms with van der Waals surface area (Å²) < 4.78 is 12.6. The van der Waals surface area contributed by atoms with E-state index in [-0.39, 0.29) is 18.4 Å². The molecular formula is C9H12ClFN4O2. The quantitative estimate of drug-likeness (QED) is 0.775. The number of halogens is 2. The van der Waals surface area contributed by atoms with Crippen molar-refractivity contribution in [3.05, 3.63) is 18.2 Å². The summed E-state index contributed by atoms with van der Waals surface area (Å²) >= 11 is 0. The highest BCUT2D eigenvalue weighted by molar-refractivity contribution is 5.85. The molecule has 0 aromatic carbocycles. The molecule has 0 amide bonds. The minimum absolute atomic E-state index is 0. The molecule has 8 heteroatoms. The fourth-order valence-corrected chi connectivity index (χ4v) is 1.62. The lowest BCUT2D eigenvalue weighted by Gasteiger charge is -2.33. The zero-order valence-electron chi connectivity index (χ0n) is 8.84. The fourth-order valence-electron chi connectivity index (χ4n) is 1.62. The number of nitrogens with zero attached hydrogens (tertiary/aromatic N) is 3. The lowest BCUT2D eigenvalue weighted by Crippen LogP contribution is -2.55. The Labute approximate surface area is 103 Å². The van der Waals surface area contributed by atoms with Gasteiger partial charge in [-0.1, -0.05) is 0 Å². The van der Waals surface area contributed by atoms with Gasteiger partial charge in [-0.25, -0.2) is 19.2 Å². The maximum Gasteiger partial charge on any atom is 0.327 e. The van der Waals surface area contributed by atoms with Crippen LogP contribution in [0.2, 0.25) is 0 Å². The highest BCUT2D eigenvalue weighted by atomic mass is 35.5. The number of carbonyl (C=O) groups is 1. The highest BCUT2D eigenvalue weighted by Crippen LogP contribution is 2.12. The topological polar surface area (TPSA) is 78.4 Å². The molecule has 17 heavy (non-hydrogen) atoms. The number of hydrogen-bond donors (Lipinski definition) is 2. The van der Waals surface area contributed by atoms with Crippen molar-refractivity contribution in [3.8, 4) is 0 Å². The Morgan fingerprint density at radius 1 is 1.53 bits per heavy atom. The van der Waals surface area contributed by atoms with Crippen LogP contribution in [0.4, 0.5) is 10.3 Å². The molecule has 2 heterocycles. The van der Waals surface area contributed by atoms with Crippen molar-refractivity contribution in [2.75, 3.05) is 24.5 Å². The van der Waals surface area contributed by atoms with Gasteiger partial charge in [-0.15, -0.1) is 12.4 Å². The largest absolute Gasteiger partial charge is 0.480 e. The van der Waals surface area contributed by atoms with Crippen LogP contribution in [-0.2, 0) is 4.79 Å². The smallest absolute Gasteiger partial charge is 0.327 e. The fraction of sp³-hybridized carbons (Fsp3) is 0.444. The zero-order chi connectivity index (χ0) is 11.5. The molecule has 1 aliphatic rings. The van der Waals surface area contributed by atoms with E-state index >= 15 is 0 Å². The lowest BCUT2D eigenvalue weighted by atomic mass is 10.2. The minimum atomic E-state index is -0.944. The predicted molar refractivity (Wildman–Crippen MR) is 60.9 cm³/mol. The third-order valence-electron chi connectivity index (χ3n) is 2.39. The van der Waals surface area contributed by atoms with Gasteiger partial charge in [0, 0.05) is 19.6 Å². The monoisotopic (exact) mass is 262 g/mol. The van der Waals surface area contributed by atoms with Crippen molar-refractivity contribution in [2.45, 2.75) is 6.04 Å². The second kappa shape index (κ2) is 5.74. The number of carboxylic acids is 1. The second-order valence-electron chi connectivity index (χ2n) is 3.45. The summed E-state index contributed by atoms with van der Waals surface area (Å²) in [5, 5.41) is 12.0. The number of hydrogen-bond acceptors (Lipinski definition) is 5. The average molecular weight is 263 g/mol. The first-order chi connectivity index (χ1) is 7.68. The summed E-state index contributed by atoms with van der Waals surface area (Å²) in [5.41, 5.74) is 0. The van der Waals surface area contributed by atoms with Crippen molar-refractivity contribution in [2.24, 2.45) is 0 Å². The molecular weight excluding hydrogens is 251 g/mol. The van der Waals surface area contributed by atoms with E-state index in [1.54, 1.807) is 4.90 Å². The molecule has 1 fully saturated rings. The van der Waals surface area contributed by atoms with Gasteiger partial charge in [-0.2, -0.15) is 0 Å². The Hall–Kier alpha value is -1.47. The molecule has 2 rings (SSSR count). The third-order valence-corrected chi connectivity index (χ3v) is 2.39. The Morgan fingerprint density at radius 2 is 2.18 bits per heavy atom. The van der Waals surface area contributed by atoms with E-state index < -0.39 is 17.8 Å². The van der Waals surface area contributed by atoms with Gasteiger partial charge in [0.15, 0.2) is 5.82 Å². The van der Waals surface area contributed by atoms with Crippen LogP contribution >= 0.6 is 12.4 Å². The van der Waals surface area contributed by atoms with E-state index in [9.17, 15) is 9.18 Å². The van der Waals surface area contributed by atoms with Crippen molar-refractivity contribution in [1.82, 2.24) is 15.3 Å². The van der Waals surface area contributed by atoms with Crippen LogP contribution in [0.1, 0.15) is 0 Å². The van der Waals surface area contributed by atoms with Crippen LogP contribution in [0.25, 0.3) is 0 Å². The number of rotatable bonds is 2. The highest BCUT2D eigenvalue weighted by Gasteiger charge is 2.29. The van der Waals surface area contributed by atoms with E-state index in [2.05, 4.69) is 15.3 Å². The third kappa shape index (κ3) is 3.01. The van der Waals surface area contributed by atoms with Gasteiger partial charge < -0.3 is 15.3 Å². The van der Waals surface area contributed by atoms with Gasteiger partial charge in [0.25, 0.3) is 0 Å². The molecule has 0 saturated carbocycles. The maximum absolute atomic E-state index is 12.6. The lowest BCUT2D eigenvalue weighted by molar-refractivity contribution is -0.138. The molecule has 0 aliphatic carbocycles. The van der Waals surface area contributed by atoms with Crippen LogP contribution in [0.5, 0.6) is 0 Å². The summed E-state index contributed by atoms with van der Waals surface area (Å²) in [6.07, 6.45) is 2.06. The number of anilines is 1. The summed E-state index contributed by atoms with van der Waals surface area (Å²) in [5.74, 6) is -1.24. The van der Waals surface area contributed by atoms with Crippen LogP contribution in [0.15, 0.2) is 12.4 Å². The summed E-state index contributed by atoms with van der Waals surface area (Å²) in [7, 11) is 0. The first-order valence-corrected chi connectivity index (χ1v) is 4.86. The van der Waals surface area contributed by atoms with E-state index in [4.69, 9.17) is 5.11 Å². The Bertz CT molecular complexity index is 389.